The fourth-order valence-corrected chi connectivity index (χ4v) is 1.96. The van der Waals surface area contributed by atoms with Crippen molar-refractivity contribution in [1.82, 2.24) is 9.55 Å². The number of ether oxygens (including phenoxy) is 1. The second kappa shape index (κ2) is 5.24. The summed E-state index contributed by atoms with van der Waals surface area (Å²) in [6.45, 7) is -0.426. The third-order valence-electron chi connectivity index (χ3n) is 2.84. The van der Waals surface area contributed by atoms with E-state index in [1.807, 2.05) is 0 Å². The van der Waals surface area contributed by atoms with E-state index < -0.39 is 36.6 Å². The summed E-state index contributed by atoms with van der Waals surface area (Å²) in [5, 5.41) is 22.6. The van der Waals surface area contributed by atoms with E-state index in [4.69, 9.17) is 21.1 Å². The van der Waals surface area contributed by atoms with Crippen LogP contribution >= 0.6 is 0 Å². The van der Waals surface area contributed by atoms with Crippen LogP contribution in [0, 0.1) is 0 Å². The summed E-state index contributed by atoms with van der Waals surface area (Å²) >= 11 is 0. The van der Waals surface area contributed by atoms with Gasteiger partial charge in [-0.3, -0.25) is 9.36 Å². The molecule has 19 heavy (non-hydrogen) atoms. The van der Waals surface area contributed by atoms with E-state index in [9.17, 15) is 9.90 Å². The molecule has 2 heterocycles. The minimum Gasteiger partial charge on any atom is -0.394 e. The van der Waals surface area contributed by atoms with Crippen molar-refractivity contribution in [2.45, 2.75) is 24.5 Å². The lowest BCUT2D eigenvalue weighted by atomic mass is 10.1. The first-order chi connectivity index (χ1) is 9.08. The van der Waals surface area contributed by atoms with Crippen LogP contribution in [-0.2, 0) is 4.74 Å². The molecular weight excluding hydrogens is 256 g/mol. The van der Waals surface area contributed by atoms with Gasteiger partial charge in [0.2, 0.25) is 5.95 Å². The molecule has 0 bridgehead atoms. The van der Waals surface area contributed by atoms with Gasteiger partial charge < -0.3 is 20.7 Å². The molecule has 0 aliphatic carbocycles. The maximum absolute atomic E-state index is 11.0. The Morgan fingerprint density at radius 2 is 2.42 bits per heavy atom. The Balaban J connectivity index is 2.36. The van der Waals surface area contributed by atoms with Crippen LogP contribution in [0.5, 0.6) is 0 Å². The molecule has 1 aromatic rings. The van der Waals surface area contributed by atoms with Crippen molar-refractivity contribution in [3.05, 3.63) is 33.1 Å². The van der Waals surface area contributed by atoms with Gasteiger partial charge in [0.1, 0.15) is 6.10 Å². The topological polar surface area (TPSA) is 159 Å². The van der Waals surface area contributed by atoms with E-state index in [0.29, 0.717) is 0 Å². The number of hydrogen-bond acceptors (Lipinski definition) is 7. The van der Waals surface area contributed by atoms with Gasteiger partial charge in [0.05, 0.1) is 18.8 Å². The van der Waals surface area contributed by atoms with Crippen molar-refractivity contribution in [2.75, 3.05) is 12.3 Å². The van der Waals surface area contributed by atoms with Gasteiger partial charge >= 0.3 is 0 Å². The standard InChI is InChI=1S/C9H12N6O4/c10-9-12-5(17)1-2-15(9)8-7(18)6(13-14-11)4(3-16)19-8/h1-2,4,6-8,16,18H,3H2,(H2,10,12,17)/t4-,6-,7-,8-/m1/s1. The zero-order valence-electron chi connectivity index (χ0n) is 9.70. The van der Waals surface area contributed by atoms with Crippen LogP contribution in [-0.4, -0.2) is 44.6 Å². The number of hydrogen-bond donors (Lipinski definition) is 3. The monoisotopic (exact) mass is 268 g/mol. The van der Waals surface area contributed by atoms with E-state index in [0.717, 1.165) is 6.07 Å². The Labute approximate surface area is 106 Å². The van der Waals surface area contributed by atoms with Crippen molar-refractivity contribution in [1.29, 1.82) is 0 Å². The third kappa shape index (κ3) is 2.37. The molecule has 1 aliphatic heterocycles. The number of nitrogens with zero attached hydrogens (tertiary/aromatic N) is 5. The molecule has 1 fully saturated rings. The SMILES string of the molecule is [N-]=[N+]=N[C@H]1[C@@H](O)[C@H](n2ccc(=O)nc2N)O[C@@H]1CO. The molecule has 10 heteroatoms. The van der Waals surface area contributed by atoms with E-state index in [-0.39, 0.29) is 5.95 Å². The number of aliphatic hydroxyl groups excluding tert-OH is 2. The minimum absolute atomic E-state index is 0.144. The molecule has 4 N–H and O–H groups in total. The lowest BCUT2D eigenvalue weighted by Gasteiger charge is -2.19. The van der Waals surface area contributed by atoms with Crippen molar-refractivity contribution in [3.63, 3.8) is 0 Å². The molecule has 102 valence electrons. The number of aliphatic hydroxyl groups is 2. The maximum Gasteiger partial charge on any atom is 0.274 e. The van der Waals surface area contributed by atoms with Crippen LogP contribution in [0.1, 0.15) is 6.23 Å². The van der Waals surface area contributed by atoms with Gasteiger partial charge in [0.25, 0.3) is 5.56 Å². The van der Waals surface area contributed by atoms with Crippen LogP contribution in [0.25, 0.3) is 10.4 Å². The van der Waals surface area contributed by atoms with Crippen LogP contribution in [0.2, 0.25) is 0 Å². The summed E-state index contributed by atoms with van der Waals surface area (Å²) in [6.07, 6.45) is -1.74. The Kier molecular flexibility index (Phi) is 3.67. The van der Waals surface area contributed by atoms with Gasteiger partial charge in [-0.2, -0.15) is 4.98 Å². The summed E-state index contributed by atoms with van der Waals surface area (Å²) in [6, 6.07) is 0.209. The second-order valence-electron chi connectivity index (χ2n) is 3.97. The highest BCUT2D eigenvalue weighted by atomic mass is 16.5. The molecule has 1 saturated heterocycles. The van der Waals surface area contributed by atoms with Crippen molar-refractivity contribution < 1.29 is 14.9 Å². The largest absolute Gasteiger partial charge is 0.394 e. The van der Waals surface area contributed by atoms with Crippen molar-refractivity contribution >= 4 is 5.95 Å². The number of anilines is 1. The second-order valence-corrected chi connectivity index (χ2v) is 3.97. The first kappa shape index (κ1) is 13.3. The fourth-order valence-electron chi connectivity index (χ4n) is 1.96. The summed E-state index contributed by atoms with van der Waals surface area (Å²) in [4.78, 5) is 17.1. The summed E-state index contributed by atoms with van der Waals surface area (Å²) in [5.41, 5.74) is 13.5. The lowest BCUT2D eigenvalue weighted by Crippen LogP contribution is -2.32. The third-order valence-corrected chi connectivity index (χ3v) is 2.84. The van der Waals surface area contributed by atoms with E-state index >= 15 is 0 Å². The molecular formula is C9H12N6O4. The first-order valence-electron chi connectivity index (χ1n) is 5.41. The number of azide groups is 1. The van der Waals surface area contributed by atoms with Crippen molar-refractivity contribution in [2.24, 2.45) is 5.11 Å². The van der Waals surface area contributed by atoms with E-state index in [1.165, 1.54) is 10.8 Å². The Bertz CT molecular complexity index is 568. The van der Waals surface area contributed by atoms with E-state index in [1.54, 1.807) is 0 Å². The summed E-state index contributed by atoms with van der Waals surface area (Å²) in [7, 11) is 0. The molecule has 1 aliphatic rings. The summed E-state index contributed by atoms with van der Waals surface area (Å²) < 4.78 is 6.61. The highest BCUT2D eigenvalue weighted by Gasteiger charge is 2.44. The zero-order chi connectivity index (χ0) is 14.0. The van der Waals surface area contributed by atoms with Gasteiger partial charge in [-0.1, -0.05) is 5.11 Å². The first-order valence-corrected chi connectivity index (χ1v) is 5.41. The Morgan fingerprint density at radius 3 is 3.00 bits per heavy atom. The quantitative estimate of drug-likeness (QED) is 0.353. The number of nitrogens with two attached hydrogens (primary N) is 1. The van der Waals surface area contributed by atoms with Crippen LogP contribution in [0.4, 0.5) is 5.95 Å². The highest BCUT2D eigenvalue weighted by molar-refractivity contribution is 5.18. The number of nitrogen functional groups attached to an aromatic ring is 1. The Hall–Kier alpha value is -2.13. The minimum atomic E-state index is -1.21. The van der Waals surface area contributed by atoms with Gasteiger partial charge in [0, 0.05) is 17.2 Å². The van der Waals surface area contributed by atoms with Crippen LogP contribution in [0.15, 0.2) is 22.2 Å². The van der Waals surface area contributed by atoms with Gasteiger partial charge in [-0.15, -0.1) is 0 Å². The molecule has 0 aromatic carbocycles. The average molecular weight is 268 g/mol. The predicted octanol–water partition coefficient (Wildman–Crippen LogP) is -1.24. The predicted molar refractivity (Wildman–Crippen MR) is 62.8 cm³/mol. The fraction of sp³-hybridized carbons (Fsp3) is 0.556. The van der Waals surface area contributed by atoms with Gasteiger partial charge in [-0.25, -0.2) is 0 Å². The van der Waals surface area contributed by atoms with Crippen LogP contribution < -0.4 is 11.3 Å². The molecule has 2 rings (SSSR count). The van der Waals surface area contributed by atoms with E-state index in [2.05, 4.69) is 15.0 Å². The van der Waals surface area contributed by atoms with Crippen molar-refractivity contribution in [3.8, 4) is 0 Å². The smallest absolute Gasteiger partial charge is 0.274 e. The van der Waals surface area contributed by atoms with Crippen LogP contribution in [0.3, 0.4) is 0 Å². The molecule has 1 aromatic heterocycles. The van der Waals surface area contributed by atoms with Gasteiger partial charge in [-0.05, 0) is 5.53 Å². The maximum atomic E-state index is 11.0. The molecule has 0 amide bonds. The normalized spacial score (nSPS) is 30.0. The molecule has 0 spiro atoms. The zero-order valence-corrected chi connectivity index (χ0v) is 9.70. The molecule has 0 radical (unpaired) electrons. The number of rotatable bonds is 3. The lowest BCUT2D eigenvalue weighted by molar-refractivity contribution is -0.0501. The molecule has 0 saturated carbocycles. The average Bonchev–Trinajstić information content (AvgIpc) is 2.68. The molecule has 0 unspecified atom stereocenters. The van der Waals surface area contributed by atoms with Gasteiger partial charge in [0.15, 0.2) is 6.23 Å². The Morgan fingerprint density at radius 1 is 1.68 bits per heavy atom. The highest BCUT2D eigenvalue weighted by Crippen LogP contribution is 2.32. The molecule has 10 nitrogen and oxygen atoms in total. The molecule has 4 atom stereocenters. The summed E-state index contributed by atoms with van der Waals surface area (Å²) in [5.74, 6) is -0.144. The number of aromatic nitrogens is 2.